The van der Waals surface area contributed by atoms with Crippen LogP contribution in [0.3, 0.4) is 0 Å². The molecule has 0 saturated carbocycles. The predicted molar refractivity (Wildman–Crippen MR) is 58.7 cm³/mol. The van der Waals surface area contributed by atoms with Gasteiger partial charge in [-0.2, -0.15) is 0 Å². The van der Waals surface area contributed by atoms with Crippen LogP contribution >= 0.6 is 0 Å². The fourth-order valence-corrected chi connectivity index (χ4v) is 1.56. The third-order valence-electron chi connectivity index (χ3n) is 2.43. The van der Waals surface area contributed by atoms with E-state index in [1.807, 2.05) is 0 Å². The number of carbonyl (C=O) groups is 2. The molecule has 88 valence electrons. The van der Waals surface area contributed by atoms with Gasteiger partial charge in [-0.1, -0.05) is 0 Å². The Morgan fingerprint density at radius 1 is 1.41 bits per heavy atom. The third kappa shape index (κ3) is 2.33. The number of imide groups is 1. The summed E-state index contributed by atoms with van der Waals surface area (Å²) in [7, 11) is 1.44. The number of rotatable bonds is 2. The number of hydrogen-bond donors (Lipinski definition) is 1. The Morgan fingerprint density at radius 3 is 2.71 bits per heavy atom. The number of halogens is 1. The zero-order valence-electron chi connectivity index (χ0n) is 9.12. The number of amides is 2. The van der Waals surface area contributed by atoms with Crippen LogP contribution in [0.15, 0.2) is 23.8 Å². The Bertz CT molecular complexity index is 522. The van der Waals surface area contributed by atoms with Crippen molar-refractivity contribution in [1.29, 1.82) is 0 Å². The molecular formula is C12H10FNO3. The van der Waals surface area contributed by atoms with Gasteiger partial charge in [0.1, 0.15) is 11.6 Å². The van der Waals surface area contributed by atoms with E-state index in [2.05, 4.69) is 5.32 Å². The molecule has 1 aromatic rings. The van der Waals surface area contributed by atoms with Crippen LogP contribution < -0.4 is 10.1 Å². The highest BCUT2D eigenvalue weighted by Gasteiger charge is 2.23. The van der Waals surface area contributed by atoms with Crippen molar-refractivity contribution in [3.8, 4) is 5.75 Å². The second-order valence-corrected chi connectivity index (χ2v) is 3.61. The van der Waals surface area contributed by atoms with Gasteiger partial charge in [-0.15, -0.1) is 0 Å². The highest BCUT2D eigenvalue weighted by molar-refractivity contribution is 6.15. The maximum absolute atomic E-state index is 13.6. The second-order valence-electron chi connectivity index (χ2n) is 3.61. The fourth-order valence-electron chi connectivity index (χ4n) is 1.56. The molecule has 0 aromatic heterocycles. The first kappa shape index (κ1) is 11.3. The Morgan fingerprint density at radius 2 is 2.18 bits per heavy atom. The van der Waals surface area contributed by atoms with Crippen LogP contribution in [-0.2, 0) is 9.59 Å². The third-order valence-corrected chi connectivity index (χ3v) is 2.43. The molecule has 5 heteroatoms. The maximum Gasteiger partial charge on any atom is 0.254 e. The molecule has 1 aliphatic rings. The van der Waals surface area contributed by atoms with Crippen molar-refractivity contribution in [2.75, 3.05) is 7.11 Å². The van der Waals surface area contributed by atoms with Gasteiger partial charge in [0.25, 0.3) is 5.91 Å². The van der Waals surface area contributed by atoms with Gasteiger partial charge in [-0.25, -0.2) is 4.39 Å². The summed E-state index contributed by atoms with van der Waals surface area (Å²) in [4.78, 5) is 22.2. The van der Waals surface area contributed by atoms with Crippen LogP contribution in [0.1, 0.15) is 12.0 Å². The SMILES string of the molecule is COc1ccc(/C=C2\CC(=O)NC2=O)c(F)c1. The predicted octanol–water partition coefficient (Wildman–Crippen LogP) is 1.26. The lowest BCUT2D eigenvalue weighted by atomic mass is 10.1. The quantitative estimate of drug-likeness (QED) is 0.620. The molecule has 0 unspecified atom stereocenters. The van der Waals surface area contributed by atoms with E-state index in [0.717, 1.165) is 0 Å². The minimum atomic E-state index is -0.496. The summed E-state index contributed by atoms with van der Waals surface area (Å²) in [5, 5.41) is 2.14. The Hall–Kier alpha value is -2.17. The van der Waals surface area contributed by atoms with Gasteiger partial charge in [0.05, 0.1) is 13.5 Å². The zero-order valence-corrected chi connectivity index (χ0v) is 9.12. The first-order chi connectivity index (χ1) is 8.10. The van der Waals surface area contributed by atoms with Crippen LogP contribution in [0.5, 0.6) is 5.75 Å². The van der Waals surface area contributed by atoms with Gasteiger partial charge in [0.2, 0.25) is 5.91 Å². The summed E-state index contributed by atoms with van der Waals surface area (Å²) >= 11 is 0. The minimum absolute atomic E-state index is 0.00962. The highest BCUT2D eigenvalue weighted by atomic mass is 19.1. The summed E-state index contributed by atoms with van der Waals surface area (Å²) in [5.74, 6) is -0.930. The molecule has 1 aromatic carbocycles. The van der Waals surface area contributed by atoms with E-state index in [0.29, 0.717) is 5.75 Å². The first-order valence-corrected chi connectivity index (χ1v) is 4.98. The van der Waals surface area contributed by atoms with E-state index < -0.39 is 11.7 Å². The van der Waals surface area contributed by atoms with E-state index in [1.165, 1.54) is 25.3 Å². The molecule has 2 amide bonds. The number of hydrogen-bond acceptors (Lipinski definition) is 3. The van der Waals surface area contributed by atoms with Gasteiger partial charge < -0.3 is 4.74 Å². The lowest BCUT2D eigenvalue weighted by Crippen LogP contribution is -2.19. The van der Waals surface area contributed by atoms with E-state index in [9.17, 15) is 14.0 Å². The van der Waals surface area contributed by atoms with Gasteiger partial charge in [-0.3, -0.25) is 14.9 Å². The van der Waals surface area contributed by atoms with Gasteiger partial charge in [-0.05, 0) is 18.2 Å². The largest absolute Gasteiger partial charge is 0.497 e. The lowest BCUT2D eigenvalue weighted by molar-refractivity contribution is -0.124. The van der Waals surface area contributed by atoms with Gasteiger partial charge in [0.15, 0.2) is 0 Å². The number of benzene rings is 1. The lowest BCUT2D eigenvalue weighted by Gasteiger charge is -2.02. The van der Waals surface area contributed by atoms with Gasteiger partial charge >= 0.3 is 0 Å². The minimum Gasteiger partial charge on any atom is -0.497 e. The van der Waals surface area contributed by atoms with Crippen LogP contribution in [0.25, 0.3) is 6.08 Å². The smallest absolute Gasteiger partial charge is 0.254 e. The molecule has 1 aliphatic heterocycles. The maximum atomic E-state index is 13.6. The molecule has 17 heavy (non-hydrogen) atoms. The van der Waals surface area contributed by atoms with E-state index in [1.54, 1.807) is 6.07 Å². The zero-order chi connectivity index (χ0) is 12.4. The molecule has 0 aliphatic carbocycles. The van der Waals surface area contributed by atoms with Crippen LogP contribution in [0.2, 0.25) is 0 Å². The molecule has 4 nitrogen and oxygen atoms in total. The summed E-state index contributed by atoms with van der Waals surface area (Å²) in [6.07, 6.45) is 1.36. The fraction of sp³-hybridized carbons (Fsp3) is 0.167. The second kappa shape index (κ2) is 4.37. The summed E-state index contributed by atoms with van der Waals surface area (Å²) in [5.41, 5.74) is 0.518. The van der Waals surface area contributed by atoms with Gasteiger partial charge in [0, 0.05) is 17.2 Å². The van der Waals surface area contributed by atoms with Crippen LogP contribution in [0.4, 0.5) is 4.39 Å². The van der Waals surface area contributed by atoms with E-state index in [4.69, 9.17) is 4.74 Å². The number of ether oxygens (including phenoxy) is 1. The topological polar surface area (TPSA) is 55.4 Å². The van der Waals surface area contributed by atoms with Crippen LogP contribution in [-0.4, -0.2) is 18.9 Å². The highest BCUT2D eigenvalue weighted by Crippen LogP contribution is 2.20. The molecular weight excluding hydrogens is 225 g/mol. The summed E-state index contributed by atoms with van der Waals surface area (Å²) < 4.78 is 18.4. The molecule has 1 heterocycles. The van der Waals surface area contributed by atoms with E-state index >= 15 is 0 Å². The first-order valence-electron chi connectivity index (χ1n) is 4.98. The molecule has 2 rings (SSSR count). The van der Waals surface area contributed by atoms with Crippen molar-refractivity contribution in [2.45, 2.75) is 6.42 Å². The van der Waals surface area contributed by atoms with Crippen molar-refractivity contribution in [2.24, 2.45) is 0 Å². The van der Waals surface area contributed by atoms with E-state index in [-0.39, 0.29) is 23.5 Å². The number of carbonyl (C=O) groups excluding carboxylic acids is 2. The van der Waals surface area contributed by atoms with Crippen molar-refractivity contribution in [3.63, 3.8) is 0 Å². The van der Waals surface area contributed by atoms with Crippen molar-refractivity contribution in [1.82, 2.24) is 5.32 Å². The summed E-state index contributed by atoms with van der Waals surface area (Å²) in [6.45, 7) is 0. The Balaban J connectivity index is 2.33. The number of nitrogens with one attached hydrogen (secondary N) is 1. The average Bonchev–Trinajstić information content (AvgIpc) is 2.60. The molecule has 1 saturated heterocycles. The standard InChI is InChI=1S/C12H10FNO3/c1-17-9-3-2-7(10(13)6-9)4-8-5-11(15)14-12(8)16/h2-4,6H,5H2,1H3,(H,14,15,16)/b8-4+. The van der Waals surface area contributed by atoms with Crippen molar-refractivity contribution >= 4 is 17.9 Å². The molecule has 0 bridgehead atoms. The molecule has 1 N–H and O–H groups in total. The molecule has 0 spiro atoms. The van der Waals surface area contributed by atoms with Crippen LogP contribution in [0, 0.1) is 5.82 Å². The normalized spacial score (nSPS) is 17.4. The van der Waals surface area contributed by atoms with Crippen molar-refractivity contribution < 1.29 is 18.7 Å². The molecule has 0 atom stereocenters. The Kier molecular flexibility index (Phi) is 2.91. The molecule has 1 fully saturated rings. The average molecular weight is 235 g/mol. The Labute approximate surface area is 97.1 Å². The molecule has 0 radical (unpaired) electrons. The summed E-state index contributed by atoms with van der Waals surface area (Å²) in [6, 6.07) is 4.31. The van der Waals surface area contributed by atoms with Crippen molar-refractivity contribution in [3.05, 3.63) is 35.2 Å². The number of methoxy groups -OCH3 is 1. The monoisotopic (exact) mass is 235 g/mol.